The van der Waals surface area contributed by atoms with Gasteiger partial charge < -0.3 is 14.8 Å². The summed E-state index contributed by atoms with van der Waals surface area (Å²) in [6.07, 6.45) is 6.29. The van der Waals surface area contributed by atoms with Crippen molar-refractivity contribution in [2.75, 3.05) is 11.9 Å². The number of fused-ring (bicyclic) bond motifs is 1. The number of rotatable bonds is 6. The van der Waals surface area contributed by atoms with Gasteiger partial charge >= 0.3 is 0 Å². The summed E-state index contributed by atoms with van der Waals surface area (Å²) >= 11 is 0. The number of imidazole rings is 1. The van der Waals surface area contributed by atoms with E-state index in [1.807, 2.05) is 41.3 Å². The lowest BCUT2D eigenvalue weighted by Gasteiger charge is -2.27. The highest BCUT2D eigenvalue weighted by molar-refractivity contribution is 5.97. The van der Waals surface area contributed by atoms with E-state index in [0.717, 1.165) is 40.5 Å². The largest absolute Gasteiger partial charge is 0.355 e. The number of aromatic nitrogens is 5. The van der Waals surface area contributed by atoms with Gasteiger partial charge in [-0.2, -0.15) is 5.10 Å². The van der Waals surface area contributed by atoms with Crippen LogP contribution in [-0.2, 0) is 13.1 Å². The molecule has 2 atom stereocenters. The third kappa shape index (κ3) is 3.93. The van der Waals surface area contributed by atoms with Crippen LogP contribution in [0, 0.1) is 0 Å². The third-order valence-electron chi connectivity index (χ3n) is 6.80. The van der Waals surface area contributed by atoms with Gasteiger partial charge in [0.1, 0.15) is 11.6 Å². The predicted octanol–water partition coefficient (Wildman–Crippen LogP) is 4.10. The minimum Gasteiger partial charge on any atom is -0.355 e. The monoisotopic (exact) mass is 457 g/mol. The number of carbonyl (C=O) groups is 1. The lowest BCUT2D eigenvalue weighted by molar-refractivity contribution is 0.0963. The molecule has 1 N–H and O–H groups in total. The van der Waals surface area contributed by atoms with Crippen LogP contribution in [0.25, 0.3) is 22.4 Å². The van der Waals surface area contributed by atoms with Crippen molar-refractivity contribution in [2.45, 2.75) is 58.8 Å². The molecular formula is C26H31N7O. The number of carbonyl (C=O) groups excluding carboxylic acids is 1. The van der Waals surface area contributed by atoms with Crippen molar-refractivity contribution in [1.29, 1.82) is 0 Å². The highest BCUT2D eigenvalue weighted by Gasteiger charge is 2.28. The van der Waals surface area contributed by atoms with Crippen molar-refractivity contribution in [3.05, 3.63) is 60.0 Å². The van der Waals surface area contributed by atoms with E-state index in [1.165, 1.54) is 12.8 Å². The molecule has 1 fully saturated rings. The average Bonchev–Trinajstić information content (AvgIpc) is 3.56. The average molecular weight is 458 g/mol. The molecular weight excluding hydrogens is 426 g/mol. The Morgan fingerprint density at radius 1 is 1.12 bits per heavy atom. The van der Waals surface area contributed by atoms with Crippen molar-refractivity contribution in [3.63, 3.8) is 0 Å². The molecule has 5 rings (SSSR count). The Hall–Kier alpha value is -3.68. The van der Waals surface area contributed by atoms with E-state index in [9.17, 15) is 4.79 Å². The maximum Gasteiger partial charge on any atom is 0.251 e. The Morgan fingerprint density at radius 2 is 1.91 bits per heavy atom. The zero-order valence-electron chi connectivity index (χ0n) is 20.2. The molecule has 0 saturated carbocycles. The van der Waals surface area contributed by atoms with E-state index in [0.29, 0.717) is 24.2 Å². The molecule has 1 amide bonds. The van der Waals surface area contributed by atoms with Crippen LogP contribution in [0.15, 0.2) is 48.8 Å². The molecule has 1 aliphatic heterocycles. The summed E-state index contributed by atoms with van der Waals surface area (Å²) in [5.41, 5.74) is 4.22. The minimum absolute atomic E-state index is 0.125. The molecule has 1 saturated heterocycles. The molecule has 0 unspecified atom stereocenters. The second-order valence-electron chi connectivity index (χ2n) is 9.05. The molecule has 0 bridgehead atoms. The molecule has 0 aliphatic carbocycles. The van der Waals surface area contributed by atoms with E-state index in [1.54, 1.807) is 7.05 Å². The van der Waals surface area contributed by atoms with Gasteiger partial charge in [0, 0.05) is 49.2 Å². The van der Waals surface area contributed by atoms with Gasteiger partial charge in [0.15, 0.2) is 0 Å². The SMILES string of the molecule is CCn1ccc(Cn2c(-c3ccc(N4[C@@H](C)CC[C@@H]4C)nc3)nc3cc(C(=O)NC)ccc32)n1. The highest BCUT2D eigenvalue weighted by Crippen LogP contribution is 2.31. The number of pyridine rings is 1. The number of hydrogen-bond acceptors (Lipinski definition) is 5. The summed E-state index contributed by atoms with van der Waals surface area (Å²) in [4.78, 5) is 24.3. The van der Waals surface area contributed by atoms with Crippen LogP contribution < -0.4 is 10.2 Å². The summed E-state index contributed by atoms with van der Waals surface area (Å²) in [6, 6.07) is 12.9. The molecule has 1 aromatic carbocycles. The summed E-state index contributed by atoms with van der Waals surface area (Å²) in [5.74, 6) is 1.70. The van der Waals surface area contributed by atoms with Crippen molar-refractivity contribution < 1.29 is 4.79 Å². The minimum atomic E-state index is -0.125. The predicted molar refractivity (Wildman–Crippen MR) is 134 cm³/mol. The van der Waals surface area contributed by atoms with Gasteiger partial charge in [0.25, 0.3) is 5.91 Å². The molecule has 8 nitrogen and oxygen atoms in total. The summed E-state index contributed by atoms with van der Waals surface area (Å²) in [5, 5.41) is 7.36. The molecule has 3 aromatic heterocycles. The Morgan fingerprint density at radius 3 is 2.56 bits per heavy atom. The van der Waals surface area contributed by atoms with E-state index in [4.69, 9.17) is 9.97 Å². The third-order valence-corrected chi connectivity index (χ3v) is 6.80. The van der Waals surface area contributed by atoms with Crippen LogP contribution in [0.2, 0.25) is 0 Å². The second-order valence-corrected chi connectivity index (χ2v) is 9.05. The van der Waals surface area contributed by atoms with Gasteiger partial charge in [-0.05, 0) is 70.0 Å². The first-order chi connectivity index (χ1) is 16.5. The number of nitrogens with zero attached hydrogens (tertiary/aromatic N) is 6. The number of hydrogen-bond donors (Lipinski definition) is 1. The fourth-order valence-electron chi connectivity index (χ4n) is 4.94. The van der Waals surface area contributed by atoms with Gasteiger partial charge in [-0.15, -0.1) is 0 Å². The quantitative estimate of drug-likeness (QED) is 0.471. The zero-order valence-corrected chi connectivity index (χ0v) is 20.2. The Kier molecular flexibility index (Phi) is 5.81. The fourth-order valence-corrected chi connectivity index (χ4v) is 4.94. The number of nitrogens with one attached hydrogen (secondary N) is 1. The standard InChI is InChI=1S/C26H31N7O/c1-5-31-13-12-21(30-31)16-32-23-10-8-19(26(34)27-4)14-22(23)29-25(32)20-9-11-24(28-15-20)33-17(2)6-7-18(33)3/h8-15,17-18H,5-7,16H2,1-4H3,(H,27,34)/t17-,18-/m0/s1. The molecule has 34 heavy (non-hydrogen) atoms. The van der Waals surface area contributed by atoms with Crippen LogP contribution in [0.5, 0.6) is 0 Å². The first-order valence-electron chi connectivity index (χ1n) is 12.0. The second kappa shape index (κ2) is 8.93. The molecule has 4 aromatic rings. The van der Waals surface area contributed by atoms with Gasteiger partial charge in [-0.3, -0.25) is 9.48 Å². The lowest BCUT2D eigenvalue weighted by Crippen LogP contribution is -2.33. The van der Waals surface area contributed by atoms with Crippen molar-refractivity contribution in [3.8, 4) is 11.4 Å². The van der Waals surface area contributed by atoms with Crippen molar-refractivity contribution in [2.24, 2.45) is 0 Å². The molecule has 1 aliphatic rings. The Bertz CT molecular complexity index is 1310. The fraction of sp³-hybridized carbons (Fsp3) is 0.385. The van der Waals surface area contributed by atoms with Gasteiger partial charge in [0.05, 0.1) is 23.3 Å². The first-order valence-corrected chi connectivity index (χ1v) is 12.0. The van der Waals surface area contributed by atoms with Crippen LogP contribution in [0.3, 0.4) is 0 Å². The maximum atomic E-state index is 12.2. The highest BCUT2D eigenvalue weighted by atomic mass is 16.1. The maximum absolute atomic E-state index is 12.2. The molecule has 176 valence electrons. The zero-order chi connectivity index (χ0) is 23.8. The number of anilines is 1. The number of amides is 1. The molecule has 8 heteroatoms. The van der Waals surface area contributed by atoms with Gasteiger partial charge in [-0.25, -0.2) is 9.97 Å². The number of benzene rings is 1. The first kappa shape index (κ1) is 22.1. The summed E-state index contributed by atoms with van der Waals surface area (Å²) < 4.78 is 4.08. The topological polar surface area (TPSA) is 80.9 Å². The molecule has 0 radical (unpaired) electrons. The van der Waals surface area contributed by atoms with Gasteiger partial charge in [0.2, 0.25) is 0 Å². The summed E-state index contributed by atoms with van der Waals surface area (Å²) in [7, 11) is 1.63. The number of aryl methyl sites for hydroxylation is 1. The molecule has 0 spiro atoms. The summed E-state index contributed by atoms with van der Waals surface area (Å²) in [6.45, 7) is 8.01. The van der Waals surface area contributed by atoms with Crippen LogP contribution in [-0.4, -0.2) is 49.4 Å². The van der Waals surface area contributed by atoms with E-state index in [2.05, 4.69) is 52.8 Å². The van der Waals surface area contributed by atoms with E-state index < -0.39 is 0 Å². The van der Waals surface area contributed by atoms with Crippen LogP contribution in [0.1, 0.15) is 49.7 Å². The van der Waals surface area contributed by atoms with E-state index >= 15 is 0 Å². The Labute approximate surface area is 199 Å². The van der Waals surface area contributed by atoms with Crippen LogP contribution >= 0.6 is 0 Å². The lowest BCUT2D eigenvalue weighted by atomic mass is 10.2. The van der Waals surface area contributed by atoms with Crippen LogP contribution in [0.4, 0.5) is 5.82 Å². The molecule has 4 heterocycles. The smallest absolute Gasteiger partial charge is 0.251 e. The van der Waals surface area contributed by atoms with E-state index in [-0.39, 0.29) is 5.91 Å². The van der Waals surface area contributed by atoms with Crippen molar-refractivity contribution >= 4 is 22.8 Å². The normalized spacial score (nSPS) is 18.1. The van der Waals surface area contributed by atoms with Crippen molar-refractivity contribution in [1.82, 2.24) is 29.6 Å². The Balaban J connectivity index is 1.57. The van der Waals surface area contributed by atoms with Gasteiger partial charge in [-0.1, -0.05) is 0 Å².